The van der Waals surface area contributed by atoms with E-state index in [9.17, 15) is 4.79 Å². The molecule has 1 aromatic rings. The van der Waals surface area contributed by atoms with E-state index in [0.717, 1.165) is 11.4 Å². The van der Waals surface area contributed by atoms with Gasteiger partial charge in [-0.05, 0) is 39.7 Å². The van der Waals surface area contributed by atoms with Gasteiger partial charge in [0.25, 0.3) is 0 Å². The SMILES string of the molecule is C[C@@H](C(N)=O)N(C)Cc1nc2c(s1)CCCC2. The van der Waals surface area contributed by atoms with Crippen molar-refractivity contribution in [2.75, 3.05) is 7.05 Å². The molecule has 0 radical (unpaired) electrons. The lowest BCUT2D eigenvalue weighted by molar-refractivity contribution is -0.122. The van der Waals surface area contributed by atoms with Gasteiger partial charge in [0.15, 0.2) is 0 Å². The Morgan fingerprint density at radius 1 is 1.53 bits per heavy atom. The monoisotopic (exact) mass is 253 g/mol. The van der Waals surface area contributed by atoms with Crippen LogP contribution >= 0.6 is 11.3 Å². The number of aromatic nitrogens is 1. The largest absolute Gasteiger partial charge is 0.368 e. The van der Waals surface area contributed by atoms with E-state index in [2.05, 4.69) is 4.98 Å². The number of thiazole rings is 1. The van der Waals surface area contributed by atoms with Gasteiger partial charge in [0.05, 0.1) is 18.3 Å². The number of likely N-dealkylation sites (N-methyl/N-ethyl adjacent to an activating group) is 1. The Hall–Kier alpha value is -0.940. The molecule has 1 heterocycles. The first-order chi connectivity index (χ1) is 8.08. The van der Waals surface area contributed by atoms with Crippen molar-refractivity contribution >= 4 is 17.2 Å². The molecule has 1 amide bonds. The fraction of sp³-hybridized carbons (Fsp3) is 0.667. The molecule has 0 saturated heterocycles. The molecule has 0 bridgehead atoms. The summed E-state index contributed by atoms with van der Waals surface area (Å²) in [6, 6.07) is -0.240. The first-order valence-corrected chi connectivity index (χ1v) is 6.86. The minimum absolute atomic E-state index is 0.240. The Morgan fingerprint density at radius 2 is 2.24 bits per heavy atom. The van der Waals surface area contributed by atoms with Crippen LogP contribution in [-0.4, -0.2) is 28.9 Å². The number of hydrogen-bond acceptors (Lipinski definition) is 4. The van der Waals surface area contributed by atoms with E-state index in [4.69, 9.17) is 5.73 Å². The molecule has 1 atom stereocenters. The molecule has 1 aliphatic rings. The first kappa shape index (κ1) is 12.5. The van der Waals surface area contributed by atoms with Gasteiger partial charge in [-0.25, -0.2) is 4.98 Å². The van der Waals surface area contributed by atoms with Crippen molar-refractivity contribution in [3.05, 3.63) is 15.6 Å². The molecule has 0 fully saturated rings. The van der Waals surface area contributed by atoms with E-state index >= 15 is 0 Å². The molecule has 17 heavy (non-hydrogen) atoms. The van der Waals surface area contributed by atoms with Crippen LogP contribution in [-0.2, 0) is 24.2 Å². The third-order valence-electron chi connectivity index (χ3n) is 3.35. The summed E-state index contributed by atoms with van der Waals surface area (Å²) in [6.45, 7) is 2.54. The summed E-state index contributed by atoms with van der Waals surface area (Å²) in [5, 5.41) is 1.10. The van der Waals surface area contributed by atoms with Crippen LogP contribution in [0.4, 0.5) is 0 Å². The third-order valence-corrected chi connectivity index (χ3v) is 4.49. The summed E-state index contributed by atoms with van der Waals surface area (Å²) in [7, 11) is 1.91. The van der Waals surface area contributed by atoms with Gasteiger partial charge in [-0.1, -0.05) is 0 Å². The molecule has 0 aliphatic heterocycles. The fourth-order valence-corrected chi connectivity index (χ4v) is 3.26. The van der Waals surface area contributed by atoms with Crippen LogP contribution in [0.2, 0.25) is 0 Å². The highest BCUT2D eigenvalue weighted by atomic mass is 32.1. The Balaban J connectivity index is 2.03. The Labute approximate surface area is 106 Å². The quantitative estimate of drug-likeness (QED) is 0.880. The summed E-state index contributed by atoms with van der Waals surface area (Å²) in [5.41, 5.74) is 6.56. The van der Waals surface area contributed by atoms with Crippen molar-refractivity contribution in [3.63, 3.8) is 0 Å². The van der Waals surface area contributed by atoms with Gasteiger partial charge in [-0.15, -0.1) is 11.3 Å². The molecular weight excluding hydrogens is 234 g/mol. The number of aryl methyl sites for hydroxylation is 2. The lowest BCUT2D eigenvalue weighted by Crippen LogP contribution is -2.39. The van der Waals surface area contributed by atoms with Crippen molar-refractivity contribution < 1.29 is 4.79 Å². The predicted octanol–water partition coefficient (Wildman–Crippen LogP) is 1.33. The van der Waals surface area contributed by atoms with Gasteiger partial charge in [-0.2, -0.15) is 0 Å². The van der Waals surface area contributed by atoms with E-state index < -0.39 is 0 Å². The number of primary amides is 1. The topological polar surface area (TPSA) is 59.2 Å². The second kappa shape index (κ2) is 5.14. The summed E-state index contributed by atoms with van der Waals surface area (Å²) in [4.78, 5) is 19.1. The summed E-state index contributed by atoms with van der Waals surface area (Å²) in [6.07, 6.45) is 4.81. The van der Waals surface area contributed by atoms with Crippen LogP contribution in [0.3, 0.4) is 0 Å². The Kier molecular flexibility index (Phi) is 3.79. The molecule has 2 rings (SSSR count). The van der Waals surface area contributed by atoms with E-state index in [1.807, 2.05) is 18.9 Å². The second-order valence-electron chi connectivity index (χ2n) is 4.68. The van der Waals surface area contributed by atoms with Crippen LogP contribution in [0, 0.1) is 0 Å². The van der Waals surface area contributed by atoms with Crippen molar-refractivity contribution in [1.82, 2.24) is 9.88 Å². The van der Waals surface area contributed by atoms with Crippen molar-refractivity contribution in [2.45, 2.75) is 45.2 Å². The minimum atomic E-state index is -0.284. The van der Waals surface area contributed by atoms with E-state index in [0.29, 0.717) is 6.54 Å². The average molecular weight is 253 g/mol. The zero-order valence-corrected chi connectivity index (χ0v) is 11.2. The molecule has 94 valence electrons. The fourth-order valence-electron chi connectivity index (χ4n) is 2.04. The van der Waals surface area contributed by atoms with Crippen LogP contribution < -0.4 is 5.73 Å². The maximum absolute atomic E-state index is 11.1. The average Bonchev–Trinajstić information content (AvgIpc) is 2.69. The number of amides is 1. The number of nitrogens with zero attached hydrogens (tertiary/aromatic N) is 2. The highest BCUT2D eigenvalue weighted by molar-refractivity contribution is 7.11. The second-order valence-corrected chi connectivity index (χ2v) is 5.85. The molecule has 0 spiro atoms. The number of nitrogens with two attached hydrogens (primary N) is 1. The predicted molar refractivity (Wildman–Crippen MR) is 68.9 cm³/mol. The molecular formula is C12H19N3OS. The van der Waals surface area contributed by atoms with Crippen molar-refractivity contribution in [1.29, 1.82) is 0 Å². The highest BCUT2D eigenvalue weighted by Gasteiger charge is 2.19. The molecule has 1 aliphatic carbocycles. The molecule has 0 saturated carbocycles. The van der Waals surface area contributed by atoms with Crippen LogP contribution in [0.5, 0.6) is 0 Å². The zero-order chi connectivity index (χ0) is 12.4. The molecule has 0 aromatic carbocycles. The number of fused-ring (bicyclic) bond motifs is 1. The van der Waals surface area contributed by atoms with Crippen LogP contribution in [0.25, 0.3) is 0 Å². The first-order valence-electron chi connectivity index (χ1n) is 6.05. The summed E-state index contributed by atoms with van der Waals surface area (Å²) < 4.78 is 0. The number of rotatable bonds is 4. The van der Waals surface area contributed by atoms with Gasteiger partial charge in [0, 0.05) is 4.88 Å². The van der Waals surface area contributed by atoms with E-state index in [1.54, 1.807) is 11.3 Å². The normalized spacial score (nSPS) is 16.9. The maximum atomic E-state index is 11.1. The number of carbonyl (C=O) groups is 1. The third kappa shape index (κ3) is 2.84. The minimum Gasteiger partial charge on any atom is -0.368 e. The Morgan fingerprint density at radius 3 is 2.88 bits per heavy atom. The number of carbonyl (C=O) groups excluding carboxylic acids is 1. The van der Waals surface area contributed by atoms with Gasteiger partial charge in [-0.3, -0.25) is 9.69 Å². The van der Waals surface area contributed by atoms with Crippen molar-refractivity contribution in [2.24, 2.45) is 5.73 Å². The van der Waals surface area contributed by atoms with E-state index in [-0.39, 0.29) is 11.9 Å². The summed E-state index contributed by atoms with van der Waals surface area (Å²) in [5.74, 6) is -0.284. The van der Waals surface area contributed by atoms with E-state index in [1.165, 1.54) is 29.8 Å². The summed E-state index contributed by atoms with van der Waals surface area (Å²) >= 11 is 1.79. The van der Waals surface area contributed by atoms with Gasteiger partial charge in [0.2, 0.25) is 5.91 Å². The molecule has 1 aromatic heterocycles. The van der Waals surface area contributed by atoms with Crippen molar-refractivity contribution in [3.8, 4) is 0 Å². The standard InChI is InChI=1S/C12H19N3OS/c1-8(12(13)16)15(2)7-11-14-9-5-3-4-6-10(9)17-11/h8H,3-7H2,1-2H3,(H2,13,16)/t8-/m0/s1. The molecule has 2 N–H and O–H groups in total. The zero-order valence-electron chi connectivity index (χ0n) is 10.4. The van der Waals surface area contributed by atoms with Gasteiger partial charge < -0.3 is 5.73 Å². The number of hydrogen-bond donors (Lipinski definition) is 1. The highest BCUT2D eigenvalue weighted by Crippen LogP contribution is 2.27. The maximum Gasteiger partial charge on any atom is 0.234 e. The molecule has 4 nitrogen and oxygen atoms in total. The van der Waals surface area contributed by atoms with Crippen LogP contribution in [0.1, 0.15) is 35.3 Å². The lowest BCUT2D eigenvalue weighted by atomic mass is 10.0. The molecule has 5 heteroatoms. The van der Waals surface area contributed by atoms with Crippen LogP contribution in [0.15, 0.2) is 0 Å². The smallest absolute Gasteiger partial charge is 0.234 e. The van der Waals surface area contributed by atoms with Gasteiger partial charge >= 0.3 is 0 Å². The Bertz CT molecular complexity index is 392. The van der Waals surface area contributed by atoms with Gasteiger partial charge in [0.1, 0.15) is 5.01 Å². The molecule has 0 unspecified atom stereocenters. The lowest BCUT2D eigenvalue weighted by Gasteiger charge is -2.20.